The maximum absolute atomic E-state index is 12.3. The second-order valence-corrected chi connectivity index (χ2v) is 4.74. The van der Waals surface area contributed by atoms with E-state index in [1.807, 2.05) is 0 Å². The average Bonchev–Trinajstić information content (AvgIpc) is 2.56. The van der Waals surface area contributed by atoms with Crippen LogP contribution in [0.4, 0.5) is 5.69 Å². The van der Waals surface area contributed by atoms with E-state index in [-0.39, 0.29) is 11.5 Å². The first kappa shape index (κ1) is 16.4. The fraction of sp³-hybridized carbons (Fsp3) is 0.250. The number of aromatic nitrogens is 1. The van der Waals surface area contributed by atoms with Gasteiger partial charge in [-0.3, -0.25) is 9.59 Å². The average molecular weight is 318 g/mol. The van der Waals surface area contributed by atoms with E-state index in [0.717, 1.165) is 0 Å². The summed E-state index contributed by atoms with van der Waals surface area (Å²) in [6.45, 7) is 0. The van der Waals surface area contributed by atoms with Crippen LogP contribution in [0.1, 0.15) is 10.4 Å². The Kier molecular flexibility index (Phi) is 4.90. The van der Waals surface area contributed by atoms with Crippen LogP contribution in [0.2, 0.25) is 0 Å². The summed E-state index contributed by atoms with van der Waals surface area (Å²) in [5.74, 6) is 0.954. The van der Waals surface area contributed by atoms with E-state index in [9.17, 15) is 9.59 Å². The number of ether oxygens (including phenoxy) is 3. The maximum Gasteiger partial charge on any atom is 0.257 e. The normalized spacial score (nSPS) is 10.1. The van der Waals surface area contributed by atoms with Crippen LogP contribution in [0.25, 0.3) is 0 Å². The van der Waals surface area contributed by atoms with Crippen molar-refractivity contribution < 1.29 is 19.0 Å². The lowest BCUT2D eigenvalue weighted by molar-refractivity contribution is 0.102. The number of hydrogen-bond donors (Lipinski definition) is 1. The van der Waals surface area contributed by atoms with Crippen LogP contribution in [0.15, 0.2) is 35.3 Å². The quantitative estimate of drug-likeness (QED) is 0.907. The summed E-state index contributed by atoms with van der Waals surface area (Å²) < 4.78 is 17.0. The van der Waals surface area contributed by atoms with Crippen molar-refractivity contribution in [3.05, 3.63) is 46.4 Å². The molecule has 0 aliphatic rings. The molecule has 122 valence electrons. The molecule has 0 atom stereocenters. The fourth-order valence-corrected chi connectivity index (χ4v) is 2.08. The third kappa shape index (κ3) is 3.45. The molecule has 1 heterocycles. The van der Waals surface area contributed by atoms with Gasteiger partial charge in [0, 0.05) is 37.1 Å². The van der Waals surface area contributed by atoms with Gasteiger partial charge in [-0.05, 0) is 6.07 Å². The van der Waals surface area contributed by atoms with Crippen molar-refractivity contribution in [1.29, 1.82) is 0 Å². The zero-order valence-corrected chi connectivity index (χ0v) is 13.4. The highest BCUT2D eigenvalue weighted by molar-refractivity contribution is 6.04. The molecule has 0 bridgehead atoms. The zero-order valence-electron chi connectivity index (χ0n) is 13.4. The number of carbonyl (C=O) groups is 1. The van der Waals surface area contributed by atoms with Crippen molar-refractivity contribution in [2.75, 3.05) is 26.6 Å². The number of aryl methyl sites for hydroxylation is 1. The van der Waals surface area contributed by atoms with Gasteiger partial charge >= 0.3 is 0 Å². The second-order valence-electron chi connectivity index (χ2n) is 4.74. The summed E-state index contributed by atoms with van der Waals surface area (Å²) in [6.07, 6.45) is 1.47. The molecule has 7 heteroatoms. The molecule has 0 saturated carbocycles. The number of hydrogen-bond acceptors (Lipinski definition) is 5. The SMILES string of the molecule is COc1cc(NC(=O)c2ccc(=O)n(C)c2)cc(OC)c1OC. The van der Waals surface area contributed by atoms with Gasteiger partial charge in [0.2, 0.25) is 11.3 Å². The van der Waals surface area contributed by atoms with E-state index in [4.69, 9.17) is 14.2 Å². The Morgan fingerprint density at radius 1 is 1.04 bits per heavy atom. The van der Waals surface area contributed by atoms with Gasteiger partial charge in [-0.25, -0.2) is 0 Å². The lowest BCUT2D eigenvalue weighted by Gasteiger charge is -2.14. The highest BCUT2D eigenvalue weighted by Gasteiger charge is 2.15. The first-order chi connectivity index (χ1) is 11.0. The Hall–Kier alpha value is -2.96. The molecule has 2 aromatic rings. The van der Waals surface area contributed by atoms with Crippen molar-refractivity contribution >= 4 is 11.6 Å². The van der Waals surface area contributed by atoms with Gasteiger partial charge in [-0.1, -0.05) is 0 Å². The predicted molar refractivity (Wildman–Crippen MR) is 85.7 cm³/mol. The molecule has 2 rings (SSSR count). The van der Waals surface area contributed by atoms with Gasteiger partial charge in [0.15, 0.2) is 11.5 Å². The number of nitrogens with one attached hydrogen (secondary N) is 1. The number of methoxy groups -OCH3 is 3. The van der Waals surface area contributed by atoms with Gasteiger partial charge in [0.25, 0.3) is 5.91 Å². The van der Waals surface area contributed by atoms with E-state index in [2.05, 4.69) is 5.32 Å². The molecule has 1 aromatic heterocycles. The molecule has 1 N–H and O–H groups in total. The molecule has 0 aliphatic carbocycles. The largest absolute Gasteiger partial charge is 0.493 e. The van der Waals surface area contributed by atoms with Crippen molar-refractivity contribution in [3.63, 3.8) is 0 Å². The zero-order chi connectivity index (χ0) is 17.0. The number of rotatable bonds is 5. The number of amides is 1. The smallest absolute Gasteiger partial charge is 0.257 e. The van der Waals surface area contributed by atoms with Crippen LogP contribution < -0.4 is 25.1 Å². The van der Waals surface area contributed by atoms with Crippen LogP contribution >= 0.6 is 0 Å². The van der Waals surface area contributed by atoms with E-state index >= 15 is 0 Å². The van der Waals surface area contributed by atoms with Crippen molar-refractivity contribution in [3.8, 4) is 17.2 Å². The molecule has 0 unspecified atom stereocenters. The summed E-state index contributed by atoms with van der Waals surface area (Å²) in [6, 6.07) is 6.06. The number of carbonyl (C=O) groups excluding carboxylic acids is 1. The summed E-state index contributed by atoms with van der Waals surface area (Å²) in [7, 11) is 6.08. The van der Waals surface area contributed by atoms with E-state index in [0.29, 0.717) is 28.5 Å². The molecule has 0 saturated heterocycles. The standard InChI is InChI=1S/C16H18N2O5/c1-18-9-10(5-6-14(18)19)16(20)17-11-7-12(21-2)15(23-4)13(8-11)22-3/h5-9H,1-4H3,(H,17,20). The Morgan fingerprint density at radius 2 is 1.65 bits per heavy atom. The molecule has 0 aliphatic heterocycles. The highest BCUT2D eigenvalue weighted by Crippen LogP contribution is 2.39. The molecular weight excluding hydrogens is 300 g/mol. The molecule has 0 spiro atoms. The van der Waals surface area contributed by atoms with Gasteiger partial charge < -0.3 is 24.1 Å². The Balaban J connectivity index is 2.33. The summed E-state index contributed by atoms with van der Waals surface area (Å²) >= 11 is 0. The van der Waals surface area contributed by atoms with Gasteiger partial charge in [0.1, 0.15) is 0 Å². The van der Waals surface area contributed by atoms with Crippen LogP contribution in [0, 0.1) is 0 Å². The Bertz CT molecular complexity index is 757. The third-order valence-corrected chi connectivity index (χ3v) is 3.27. The van der Waals surface area contributed by atoms with Crippen LogP contribution in [-0.2, 0) is 7.05 Å². The van der Waals surface area contributed by atoms with Gasteiger partial charge in [0.05, 0.1) is 26.9 Å². The topological polar surface area (TPSA) is 78.8 Å². The van der Waals surface area contributed by atoms with E-state index < -0.39 is 0 Å². The monoisotopic (exact) mass is 318 g/mol. The number of nitrogens with zero attached hydrogens (tertiary/aromatic N) is 1. The number of anilines is 1. The van der Waals surface area contributed by atoms with Crippen LogP contribution in [0.5, 0.6) is 17.2 Å². The molecule has 0 radical (unpaired) electrons. The molecule has 1 aromatic carbocycles. The minimum absolute atomic E-state index is 0.186. The van der Waals surface area contributed by atoms with Crippen molar-refractivity contribution in [1.82, 2.24) is 4.57 Å². The summed E-state index contributed by atoms with van der Waals surface area (Å²) in [5.41, 5.74) is 0.661. The van der Waals surface area contributed by atoms with Gasteiger partial charge in [-0.2, -0.15) is 0 Å². The molecule has 0 fully saturated rings. The van der Waals surface area contributed by atoms with Crippen LogP contribution in [0.3, 0.4) is 0 Å². The number of benzene rings is 1. The Morgan fingerprint density at radius 3 is 2.13 bits per heavy atom. The van der Waals surface area contributed by atoms with E-state index in [1.165, 1.54) is 44.2 Å². The number of pyridine rings is 1. The molecule has 7 nitrogen and oxygen atoms in total. The first-order valence-electron chi connectivity index (χ1n) is 6.78. The fourth-order valence-electron chi connectivity index (χ4n) is 2.08. The molecule has 23 heavy (non-hydrogen) atoms. The van der Waals surface area contributed by atoms with Gasteiger partial charge in [-0.15, -0.1) is 0 Å². The lowest BCUT2D eigenvalue weighted by Crippen LogP contribution is -2.19. The minimum atomic E-state index is -0.352. The van der Waals surface area contributed by atoms with Crippen molar-refractivity contribution in [2.45, 2.75) is 0 Å². The molecule has 1 amide bonds. The third-order valence-electron chi connectivity index (χ3n) is 3.27. The lowest BCUT2D eigenvalue weighted by atomic mass is 10.2. The van der Waals surface area contributed by atoms with E-state index in [1.54, 1.807) is 19.2 Å². The maximum atomic E-state index is 12.3. The van der Waals surface area contributed by atoms with Crippen LogP contribution in [-0.4, -0.2) is 31.8 Å². The summed E-state index contributed by atoms with van der Waals surface area (Å²) in [4.78, 5) is 23.7. The first-order valence-corrected chi connectivity index (χ1v) is 6.78. The van der Waals surface area contributed by atoms with Crippen molar-refractivity contribution in [2.24, 2.45) is 7.05 Å². The Labute approximate surface area is 133 Å². The highest BCUT2D eigenvalue weighted by atomic mass is 16.5. The summed E-state index contributed by atoms with van der Waals surface area (Å²) in [5, 5.41) is 2.74. The predicted octanol–water partition coefficient (Wildman–Crippen LogP) is 1.66. The minimum Gasteiger partial charge on any atom is -0.493 e. The molecular formula is C16H18N2O5. The second kappa shape index (κ2) is 6.87.